The molecule has 0 bridgehead atoms. The van der Waals surface area contributed by atoms with Gasteiger partial charge in [0.05, 0.1) is 33.8 Å². The van der Waals surface area contributed by atoms with Crippen molar-refractivity contribution in [2.24, 2.45) is 0 Å². The third-order valence-corrected chi connectivity index (χ3v) is 15.6. The van der Waals surface area contributed by atoms with Crippen molar-refractivity contribution in [2.45, 2.75) is 315 Å². The van der Waals surface area contributed by atoms with Crippen LogP contribution in [0.15, 0.2) is 72.9 Å². The highest BCUT2D eigenvalue weighted by Crippen LogP contribution is 2.38. The summed E-state index contributed by atoms with van der Waals surface area (Å²) in [5.74, 6) is -0.539. The molecule has 0 aromatic carbocycles. The zero-order valence-electron chi connectivity index (χ0n) is 52.6. The highest BCUT2D eigenvalue weighted by atomic mass is 31.2. The molecule has 0 saturated heterocycles. The van der Waals surface area contributed by atoms with Crippen LogP contribution in [-0.4, -0.2) is 69.4 Å². The molecule has 0 spiro atoms. The molecule has 0 saturated carbocycles. The van der Waals surface area contributed by atoms with E-state index >= 15 is 0 Å². The van der Waals surface area contributed by atoms with Gasteiger partial charge in [0.15, 0.2) is 0 Å². The van der Waals surface area contributed by atoms with E-state index in [9.17, 15) is 19.0 Å². The van der Waals surface area contributed by atoms with Crippen LogP contribution in [0.1, 0.15) is 303 Å². The molecule has 79 heavy (non-hydrogen) atoms. The van der Waals surface area contributed by atoms with Crippen LogP contribution < -0.4 is 10.2 Å². The molecule has 1 N–H and O–H groups in total. The molecule has 0 radical (unpaired) electrons. The molecule has 3 unspecified atom stereocenters. The minimum absolute atomic E-state index is 0.0236. The second-order valence-electron chi connectivity index (χ2n) is 23.6. The number of quaternary nitrogens is 1. The summed E-state index contributed by atoms with van der Waals surface area (Å²) < 4.78 is 30.4. The van der Waals surface area contributed by atoms with E-state index in [4.69, 9.17) is 13.8 Å². The SMILES string of the molecule is CC/C=C\C/C=C\C/C=C\C/C=C\C/C=C\CCCCCCCCCCCC(=O)OC(/C=C/CCCCCCCCCCCCC)C(COP(=O)([O-])OCC[N+](C)(C)C)NC(=O)CCCCCCCCCCCCCCCCC. The first kappa shape index (κ1) is 76.5. The number of hydrogen-bond acceptors (Lipinski definition) is 7. The number of nitrogens with zero attached hydrogens (tertiary/aromatic N) is 1. The predicted molar refractivity (Wildman–Crippen MR) is 339 cm³/mol. The summed E-state index contributed by atoms with van der Waals surface area (Å²) in [5, 5.41) is 3.04. The fourth-order valence-corrected chi connectivity index (χ4v) is 10.3. The number of allylic oxidation sites excluding steroid dienone is 11. The lowest BCUT2D eigenvalue weighted by Gasteiger charge is -2.30. The van der Waals surface area contributed by atoms with Gasteiger partial charge in [-0.1, -0.05) is 287 Å². The van der Waals surface area contributed by atoms with Gasteiger partial charge < -0.3 is 28.5 Å². The van der Waals surface area contributed by atoms with Gasteiger partial charge in [-0.15, -0.1) is 0 Å². The second-order valence-corrected chi connectivity index (χ2v) is 25.0. The summed E-state index contributed by atoms with van der Waals surface area (Å²) in [6.07, 6.45) is 75.8. The number of nitrogens with one attached hydrogen (secondary N) is 1. The lowest BCUT2D eigenvalue weighted by atomic mass is 10.0. The predicted octanol–water partition coefficient (Wildman–Crippen LogP) is 20.2. The maximum atomic E-state index is 13.5. The van der Waals surface area contributed by atoms with Crippen LogP contribution in [0, 0.1) is 0 Å². The van der Waals surface area contributed by atoms with Crippen LogP contribution in [0.25, 0.3) is 0 Å². The molecule has 0 aromatic rings. The van der Waals surface area contributed by atoms with E-state index in [-0.39, 0.29) is 31.5 Å². The number of ether oxygens (including phenoxy) is 1. The normalized spacial score (nSPS) is 14.1. The number of phosphoric ester groups is 1. The molecule has 0 aliphatic heterocycles. The third-order valence-electron chi connectivity index (χ3n) is 14.7. The van der Waals surface area contributed by atoms with Crippen molar-refractivity contribution >= 4 is 19.7 Å². The number of hydrogen-bond donors (Lipinski definition) is 1. The largest absolute Gasteiger partial charge is 0.756 e. The average molecular weight is 1130 g/mol. The monoisotopic (exact) mass is 1130 g/mol. The van der Waals surface area contributed by atoms with Crippen LogP contribution in [0.3, 0.4) is 0 Å². The average Bonchev–Trinajstić information content (AvgIpc) is 3.41. The van der Waals surface area contributed by atoms with Crippen molar-refractivity contribution in [1.29, 1.82) is 0 Å². The zero-order valence-corrected chi connectivity index (χ0v) is 53.5. The molecule has 460 valence electrons. The Bertz CT molecular complexity index is 1580. The molecule has 1 amide bonds. The Kier molecular flexibility index (Phi) is 56.7. The number of esters is 1. The summed E-state index contributed by atoms with van der Waals surface area (Å²) >= 11 is 0. The molecular formula is C69H127N2O7P. The minimum Gasteiger partial charge on any atom is -0.756 e. The van der Waals surface area contributed by atoms with Gasteiger partial charge in [0.2, 0.25) is 5.91 Å². The van der Waals surface area contributed by atoms with Crippen LogP contribution in [0.4, 0.5) is 0 Å². The number of rotatable bonds is 60. The van der Waals surface area contributed by atoms with E-state index in [1.165, 1.54) is 167 Å². The lowest BCUT2D eigenvalue weighted by Crippen LogP contribution is -2.47. The van der Waals surface area contributed by atoms with E-state index in [2.05, 4.69) is 86.8 Å². The van der Waals surface area contributed by atoms with E-state index < -0.39 is 20.0 Å². The van der Waals surface area contributed by atoms with Gasteiger partial charge in [-0.3, -0.25) is 14.2 Å². The van der Waals surface area contributed by atoms with Crippen LogP contribution in [0.2, 0.25) is 0 Å². The fourth-order valence-electron chi connectivity index (χ4n) is 9.55. The Balaban J connectivity index is 5.15. The smallest absolute Gasteiger partial charge is 0.306 e. The number of phosphoric acid groups is 1. The Labute approximate surface area is 489 Å². The molecule has 3 atom stereocenters. The second kappa shape index (κ2) is 58.6. The number of unbranched alkanes of at least 4 members (excludes halogenated alkanes) is 34. The maximum absolute atomic E-state index is 13.5. The number of carbonyl (C=O) groups is 2. The first-order valence-corrected chi connectivity index (χ1v) is 34.7. The van der Waals surface area contributed by atoms with Crippen LogP contribution in [0.5, 0.6) is 0 Å². The van der Waals surface area contributed by atoms with Gasteiger partial charge in [0.25, 0.3) is 7.82 Å². The van der Waals surface area contributed by atoms with Crippen molar-refractivity contribution in [3.8, 4) is 0 Å². The molecule has 0 heterocycles. The third kappa shape index (κ3) is 59.9. The number of amides is 1. The van der Waals surface area contributed by atoms with Crippen molar-refractivity contribution in [1.82, 2.24) is 5.32 Å². The first-order chi connectivity index (χ1) is 38.4. The van der Waals surface area contributed by atoms with Crippen LogP contribution in [-0.2, 0) is 27.9 Å². The van der Waals surface area contributed by atoms with E-state index in [0.29, 0.717) is 17.4 Å². The highest BCUT2D eigenvalue weighted by molar-refractivity contribution is 7.45. The number of carbonyl (C=O) groups excluding carboxylic acids is 2. The van der Waals surface area contributed by atoms with Gasteiger partial charge >= 0.3 is 5.97 Å². The summed E-state index contributed by atoms with van der Waals surface area (Å²) in [5.41, 5.74) is 0. The molecule has 0 fully saturated rings. The summed E-state index contributed by atoms with van der Waals surface area (Å²) in [4.78, 5) is 40.1. The van der Waals surface area contributed by atoms with Crippen molar-refractivity contribution in [3.05, 3.63) is 72.9 Å². The molecule has 0 aliphatic rings. The topological polar surface area (TPSA) is 114 Å². The molecule has 10 heteroatoms. The van der Waals surface area contributed by atoms with Crippen LogP contribution >= 0.6 is 7.82 Å². The molecule has 9 nitrogen and oxygen atoms in total. The fraction of sp³-hybridized carbons (Fsp3) is 0.797. The van der Waals surface area contributed by atoms with Crippen molar-refractivity contribution in [3.63, 3.8) is 0 Å². The van der Waals surface area contributed by atoms with E-state index in [1.54, 1.807) is 0 Å². The highest BCUT2D eigenvalue weighted by Gasteiger charge is 2.27. The Hall–Kier alpha value is -2.55. The van der Waals surface area contributed by atoms with E-state index in [1.807, 2.05) is 33.3 Å². The lowest BCUT2D eigenvalue weighted by molar-refractivity contribution is -0.870. The Morgan fingerprint density at radius 1 is 0.456 bits per heavy atom. The number of likely N-dealkylation sites (N-methyl/N-ethyl adjacent to an activating group) is 1. The van der Waals surface area contributed by atoms with Gasteiger partial charge in [-0.05, 0) is 76.7 Å². The van der Waals surface area contributed by atoms with Gasteiger partial charge in [0, 0.05) is 12.8 Å². The van der Waals surface area contributed by atoms with Gasteiger partial charge in [-0.2, -0.15) is 0 Å². The quantitative estimate of drug-likeness (QED) is 0.0212. The Morgan fingerprint density at radius 2 is 0.810 bits per heavy atom. The van der Waals surface area contributed by atoms with Gasteiger partial charge in [0.1, 0.15) is 19.3 Å². The minimum atomic E-state index is -4.70. The molecule has 0 rings (SSSR count). The van der Waals surface area contributed by atoms with Gasteiger partial charge in [-0.25, -0.2) is 0 Å². The zero-order chi connectivity index (χ0) is 57.9. The molecule has 0 aliphatic carbocycles. The maximum Gasteiger partial charge on any atom is 0.306 e. The summed E-state index contributed by atoms with van der Waals surface area (Å²) in [6, 6.07) is -0.891. The summed E-state index contributed by atoms with van der Waals surface area (Å²) in [7, 11) is 1.19. The summed E-state index contributed by atoms with van der Waals surface area (Å²) in [6.45, 7) is 6.76. The molecular weight excluding hydrogens is 1000 g/mol. The van der Waals surface area contributed by atoms with Crippen molar-refractivity contribution < 1.29 is 37.3 Å². The van der Waals surface area contributed by atoms with E-state index in [0.717, 1.165) is 103 Å². The molecule has 0 aromatic heterocycles. The Morgan fingerprint density at radius 3 is 1.22 bits per heavy atom. The first-order valence-electron chi connectivity index (χ1n) is 33.2. The standard InChI is InChI=1S/C69H127N2O7P/c1-7-10-13-16-19-22-25-28-30-31-32-33-34-35-36-37-38-39-41-44-47-50-53-56-59-62-69(73)78-67(60-57-54-51-48-45-42-27-24-21-18-15-12-9-3)66(65-77-79(74,75)76-64-63-71(4,5)6)70-68(72)61-58-55-52-49-46-43-40-29-26-23-20-17-14-11-8-2/h10,13,19,22,28,30,32-33,35-36,57,60,66-67H,7-9,11-12,14-18,20-21,23-27,29,31,34,37-56,58-59,61-65H2,1-6H3,(H-,70,72,74,75)/b13-10-,22-19-,30-28-,33-32-,36-35-,60-57+. The van der Waals surface area contributed by atoms with Crippen molar-refractivity contribution in [2.75, 3.05) is 40.9 Å².